The summed E-state index contributed by atoms with van der Waals surface area (Å²) in [6.45, 7) is 0. The standard InChI is InChI=1S/C9H6BrN3O3/c10-9-11-8(16-12-9)5-6-1-3-7(4-2-6)13(14)15/h1-4H,5H2. The van der Waals surface area contributed by atoms with Crippen LogP contribution in [0.5, 0.6) is 0 Å². The molecule has 0 N–H and O–H groups in total. The van der Waals surface area contributed by atoms with Gasteiger partial charge in [0, 0.05) is 12.1 Å². The Morgan fingerprint density at radius 3 is 2.56 bits per heavy atom. The molecule has 0 atom stereocenters. The molecule has 0 radical (unpaired) electrons. The number of hydrogen-bond donors (Lipinski definition) is 0. The van der Waals surface area contributed by atoms with Crippen molar-refractivity contribution in [1.82, 2.24) is 10.1 Å². The topological polar surface area (TPSA) is 82.1 Å². The number of aromatic nitrogens is 2. The van der Waals surface area contributed by atoms with Gasteiger partial charge in [-0.1, -0.05) is 12.1 Å². The lowest BCUT2D eigenvalue weighted by Gasteiger charge is -1.95. The fourth-order valence-corrected chi connectivity index (χ4v) is 1.49. The summed E-state index contributed by atoms with van der Waals surface area (Å²) in [4.78, 5) is 14.0. The van der Waals surface area contributed by atoms with Gasteiger partial charge in [0.05, 0.1) is 11.3 Å². The van der Waals surface area contributed by atoms with Gasteiger partial charge in [-0.3, -0.25) is 10.1 Å². The van der Waals surface area contributed by atoms with Gasteiger partial charge in [-0.2, -0.15) is 4.98 Å². The highest BCUT2D eigenvalue weighted by molar-refractivity contribution is 9.10. The van der Waals surface area contributed by atoms with Crippen LogP contribution in [-0.4, -0.2) is 15.1 Å². The van der Waals surface area contributed by atoms with Gasteiger partial charge in [-0.15, -0.1) is 0 Å². The Labute approximate surface area is 98.6 Å². The predicted molar refractivity (Wildman–Crippen MR) is 57.9 cm³/mol. The molecule has 0 saturated carbocycles. The zero-order valence-electron chi connectivity index (χ0n) is 7.96. The van der Waals surface area contributed by atoms with Crippen LogP contribution in [0.4, 0.5) is 5.69 Å². The molecule has 0 aliphatic carbocycles. The summed E-state index contributed by atoms with van der Waals surface area (Å²) in [6, 6.07) is 6.22. The summed E-state index contributed by atoms with van der Waals surface area (Å²) in [5.41, 5.74) is 0.942. The molecule has 16 heavy (non-hydrogen) atoms. The maximum atomic E-state index is 10.4. The molecule has 0 aliphatic rings. The van der Waals surface area contributed by atoms with Crippen LogP contribution in [0, 0.1) is 10.1 Å². The average Bonchev–Trinajstić information content (AvgIpc) is 2.65. The Morgan fingerprint density at radius 2 is 2.06 bits per heavy atom. The van der Waals surface area contributed by atoms with Crippen LogP contribution in [0.1, 0.15) is 11.5 Å². The molecule has 7 heteroatoms. The summed E-state index contributed by atoms with van der Waals surface area (Å²) < 4.78 is 5.30. The van der Waals surface area contributed by atoms with E-state index in [1.165, 1.54) is 12.1 Å². The van der Waals surface area contributed by atoms with Crippen molar-refractivity contribution in [3.8, 4) is 0 Å². The number of non-ortho nitro benzene ring substituents is 1. The largest absolute Gasteiger partial charge is 0.338 e. The van der Waals surface area contributed by atoms with Gasteiger partial charge in [-0.05, 0) is 26.7 Å². The van der Waals surface area contributed by atoms with E-state index in [-0.39, 0.29) is 5.69 Å². The van der Waals surface area contributed by atoms with Gasteiger partial charge in [0.2, 0.25) is 10.6 Å². The van der Waals surface area contributed by atoms with Crippen LogP contribution >= 0.6 is 15.9 Å². The molecule has 1 aromatic heterocycles. The van der Waals surface area contributed by atoms with Gasteiger partial charge in [0.1, 0.15) is 0 Å². The van der Waals surface area contributed by atoms with Crippen molar-refractivity contribution in [2.75, 3.05) is 0 Å². The normalized spacial score (nSPS) is 10.3. The van der Waals surface area contributed by atoms with E-state index >= 15 is 0 Å². The first-order chi connectivity index (χ1) is 7.65. The summed E-state index contributed by atoms with van der Waals surface area (Å²) in [6.07, 6.45) is 0.455. The average molecular weight is 284 g/mol. The lowest BCUT2D eigenvalue weighted by atomic mass is 10.1. The van der Waals surface area contributed by atoms with E-state index in [9.17, 15) is 10.1 Å². The van der Waals surface area contributed by atoms with Crippen molar-refractivity contribution in [2.24, 2.45) is 0 Å². The third kappa shape index (κ3) is 2.43. The Morgan fingerprint density at radius 1 is 1.38 bits per heavy atom. The van der Waals surface area contributed by atoms with Crippen molar-refractivity contribution in [3.63, 3.8) is 0 Å². The molecular weight excluding hydrogens is 278 g/mol. The highest BCUT2D eigenvalue weighted by Crippen LogP contribution is 2.15. The van der Waals surface area contributed by atoms with E-state index in [1.54, 1.807) is 12.1 Å². The Balaban J connectivity index is 2.14. The number of nitro benzene ring substituents is 1. The number of hydrogen-bond acceptors (Lipinski definition) is 5. The number of rotatable bonds is 3. The minimum atomic E-state index is -0.437. The molecule has 6 nitrogen and oxygen atoms in total. The smallest absolute Gasteiger partial charge is 0.269 e. The van der Waals surface area contributed by atoms with Crippen LogP contribution < -0.4 is 0 Å². The Bertz CT molecular complexity index is 509. The molecule has 1 aromatic carbocycles. The SMILES string of the molecule is O=[N+]([O-])c1ccc(Cc2nc(Br)no2)cc1. The van der Waals surface area contributed by atoms with Gasteiger partial charge >= 0.3 is 0 Å². The van der Waals surface area contributed by atoms with Crippen molar-refractivity contribution in [1.29, 1.82) is 0 Å². The first-order valence-electron chi connectivity index (χ1n) is 4.36. The zero-order valence-corrected chi connectivity index (χ0v) is 9.55. The highest BCUT2D eigenvalue weighted by atomic mass is 79.9. The van der Waals surface area contributed by atoms with E-state index < -0.39 is 4.92 Å². The number of nitro groups is 1. The van der Waals surface area contributed by atoms with E-state index in [1.807, 2.05) is 0 Å². The molecule has 0 unspecified atom stereocenters. The lowest BCUT2D eigenvalue weighted by Crippen LogP contribution is -1.91. The van der Waals surface area contributed by atoms with Crippen molar-refractivity contribution in [3.05, 3.63) is 50.6 Å². The molecule has 0 fully saturated rings. The maximum absolute atomic E-state index is 10.4. The third-order valence-electron chi connectivity index (χ3n) is 1.95. The Kier molecular flexibility index (Phi) is 2.95. The van der Waals surface area contributed by atoms with Crippen LogP contribution in [0.3, 0.4) is 0 Å². The van der Waals surface area contributed by atoms with Crippen molar-refractivity contribution >= 4 is 21.6 Å². The first-order valence-corrected chi connectivity index (χ1v) is 5.16. The molecule has 0 aliphatic heterocycles. The number of nitrogens with zero attached hydrogens (tertiary/aromatic N) is 3. The second kappa shape index (κ2) is 4.40. The minimum absolute atomic E-state index is 0.0652. The summed E-state index contributed by atoms with van der Waals surface area (Å²) in [5.74, 6) is 0.459. The summed E-state index contributed by atoms with van der Waals surface area (Å²) in [5, 5.41) is 14.0. The second-order valence-electron chi connectivity index (χ2n) is 3.06. The minimum Gasteiger partial charge on any atom is -0.338 e. The fourth-order valence-electron chi connectivity index (χ4n) is 1.22. The van der Waals surface area contributed by atoms with Gasteiger partial charge in [0.25, 0.3) is 5.69 Å². The summed E-state index contributed by atoms with van der Waals surface area (Å²) in [7, 11) is 0. The first kappa shape index (κ1) is 10.7. The van der Waals surface area contributed by atoms with E-state index in [0.717, 1.165) is 5.56 Å². The number of halogens is 1. The van der Waals surface area contributed by atoms with E-state index in [4.69, 9.17) is 4.52 Å². The highest BCUT2D eigenvalue weighted by Gasteiger charge is 2.07. The molecule has 0 bridgehead atoms. The molecule has 2 rings (SSSR count). The molecule has 0 spiro atoms. The fraction of sp³-hybridized carbons (Fsp3) is 0.111. The van der Waals surface area contributed by atoms with Crippen LogP contribution in [0.2, 0.25) is 0 Å². The Hall–Kier alpha value is -1.76. The van der Waals surface area contributed by atoms with E-state index in [0.29, 0.717) is 17.0 Å². The van der Waals surface area contributed by atoms with Gasteiger partial charge < -0.3 is 4.52 Å². The van der Waals surface area contributed by atoms with Crippen LogP contribution in [0.15, 0.2) is 33.5 Å². The van der Waals surface area contributed by atoms with Gasteiger partial charge in [-0.25, -0.2) is 0 Å². The third-order valence-corrected chi connectivity index (χ3v) is 2.27. The second-order valence-corrected chi connectivity index (χ2v) is 3.77. The molecular formula is C9H6BrN3O3. The zero-order chi connectivity index (χ0) is 11.5. The molecule has 2 aromatic rings. The molecule has 0 saturated heterocycles. The van der Waals surface area contributed by atoms with Gasteiger partial charge in [0.15, 0.2) is 0 Å². The maximum Gasteiger partial charge on any atom is 0.269 e. The van der Waals surface area contributed by atoms with Crippen molar-refractivity contribution in [2.45, 2.75) is 6.42 Å². The molecule has 82 valence electrons. The predicted octanol–water partition coefficient (Wildman–Crippen LogP) is 2.33. The quantitative estimate of drug-likeness (QED) is 0.638. The lowest BCUT2D eigenvalue weighted by molar-refractivity contribution is -0.384. The molecule has 0 amide bonds. The molecule has 1 heterocycles. The van der Waals surface area contributed by atoms with Crippen molar-refractivity contribution < 1.29 is 9.45 Å². The van der Waals surface area contributed by atoms with Crippen LogP contribution in [-0.2, 0) is 6.42 Å². The monoisotopic (exact) mass is 283 g/mol. The number of benzene rings is 1. The van der Waals surface area contributed by atoms with E-state index in [2.05, 4.69) is 26.1 Å². The van der Waals surface area contributed by atoms with Crippen LogP contribution in [0.25, 0.3) is 0 Å². The summed E-state index contributed by atoms with van der Waals surface area (Å²) >= 11 is 3.07.